The number of rotatable bonds is 5. The zero-order valence-electron chi connectivity index (χ0n) is 17.8. The molecule has 2 aliphatic rings. The summed E-state index contributed by atoms with van der Waals surface area (Å²) in [6.45, 7) is 1.01. The van der Waals surface area contributed by atoms with E-state index < -0.39 is 0 Å². The Labute approximate surface area is 194 Å². The highest BCUT2D eigenvalue weighted by molar-refractivity contribution is 6.30. The van der Waals surface area contributed by atoms with Gasteiger partial charge in [0.05, 0.1) is 12.2 Å². The fourth-order valence-electron chi connectivity index (χ4n) is 4.17. The lowest BCUT2D eigenvalue weighted by atomic mass is 10.0. The van der Waals surface area contributed by atoms with Crippen LogP contribution < -0.4 is 10.2 Å². The van der Waals surface area contributed by atoms with Gasteiger partial charge in [-0.2, -0.15) is 0 Å². The molecule has 0 fully saturated rings. The number of halogens is 2. The van der Waals surface area contributed by atoms with Gasteiger partial charge in [0.15, 0.2) is 0 Å². The molecule has 1 unspecified atom stereocenters. The van der Waals surface area contributed by atoms with Crippen LogP contribution in [-0.4, -0.2) is 30.4 Å². The Morgan fingerprint density at radius 1 is 1.24 bits per heavy atom. The maximum absolute atomic E-state index is 13.4. The van der Waals surface area contributed by atoms with Crippen molar-refractivity contribution in [1.82, 2.24) is 10.2 Å². The van der Waals surface area contributed by atoms with Crippen LogP contribution in [0.2, 0.25) is 0 Å². The van der Waals surface area contributed by atoms with E-state index in [0.717, 1.165) is 5.56 Å². The van der Waals surface area contributed by atoms with E-state index in [1.165, 1.54) is 12.1 Å². The van der Waals surface area contributed by atoms with Gasteiger partial charge in [-0.1, -0.05) is 29.8 Å². The van der Waals surface area contributed by atoms with Crippen molar-refractivity contribution in [2.24, 2.45) is 5.92 Å². The highest BCUT2D eigenvalue weighted by Crippen LogP contribution is 2.33. The predicted octanol–water partition coefficient (Wildman–Crippen LogP) is 5.18. The number of hydrogen-bond acceptors (Lipinski definition) is 3. The molecule has 33 heavy (non-hydrogen) atoms. The number of anilines is 1. The molecule has 1 aliphatic heterocycles. The first-order valence-electron chi connectivity index (χ1n) is 10.5. The number of nitrogens with zero attached hydrogens (tertiary/aromatic N) is 2. The first kappa shape index (κ1) is 21.3. The smallest absolute Gasteiger partial charge is 0.324 e. The fourth-order valence-corrected chi connectivity index (χ4v) is 4.38. The van der Waals surface area contributed by atoms with Crippen molar-refractivity contribution in [3.05, 3.63) is 88.4 Å². The largest absolute Gasteiger partial charge is 0.459 e. The van der Waals surface area contributed by atoms with Crippen LogP contribution in [-0.2, 0) is 13.1 Å². The van der Waals surface area contributed by atoms with Gasteiger partial charge in [-0.05, 0) is 48.0 Å². The highest BCUT2D eigenvalue weighted by Gasteiger charge is 2.31. The number of benzene rings is 2. The lowest BCUT2D eigenvalue weighted by molar-refractivity contribution is 0.0948. The van der Waals surface area contributed by atoms with E-state index in [2.05, 4.69) is 5.32 Å². The molecule has 0 saturated carbocycles. The van der Waals surface area contributed by atoms with Gasteiger partial charge in [0.2, 0.25) is 0 Å². The molecule has 1 N–H and O–H groups in total. The molecule has 5 rings (SSSR count). The first-order valence-corrected chi connectivity index (χ1v) is 10.9. The molecule has 2 heterocycles. The summed E-state index contributed by atoms with van der Waals surface area (Å²) in [6, 6.07) is 11.2. The highest BCUT2D eigenvalue weighted by atomic mass is 35.5. The average Bonchev–Trinajstić information content (AvgIpc) is 3.39. The maximum atomic E-state index is 13.4. The van der Waals surface area contributed by atoms with E-state index >= 15 is 0 Å². The van der Waals surface area contributed by atoms with E-state index in [0.29, 0.717) is 46.1 Å². The molecule has 8 heteroatoms. The molecule has 1 atom stereocenters. The summed E-state index contributed by atoms with van der Waals surface area (Å²) in [5, 5.41) is 4.15. The van der Waals surface area contributed by atoms with Crippen molar-refractivity contribution in [3.63, 3.8) is 0 Å². The molecule has 3 amide bonds. The van der Waals surface area contributed by atoms with Crippen molar-refractivity contribution >= 4 is 40.2 Å². The van der Waals surface area contributed by atoms with E-state index in [1.807, 2.05) is 24.3 Å². The van der Waals surface area contributed by atoms with Gasteiger partial charge in [-0.15, -0.1) is 0 Å². The summed E-state index contributed by atoms with van der Waals surface area (Å²) in [5.74, 6) is -0.197. The Morgan fingerprint density at radius 2 is 2.09 bits per heavy atom. The van der Waals surface area contributed by atoms with Crippen LogP contribution in [0.3, 0.4) is 0 Å². The van der Waals surface area contributed by atoms with Crippen molar-refractivity contribution in [2.45, 2.75) is 13.1 Å². The molecule has 0 spiro atoms. The number of fused-ring (bicyclic) bond motifs is 2. The van der Waals surface area contributed by atoms with Crippen LogP contribution in [0.25, 0.3) is 11.0 Å². The van der Waals surface area contributed by atoms with E-state index in [-0.39, 0.29) is 30.2 Å². The minimum atomic E-state index is -0.345. The van der Waals surface area contributed by atoms with Gasteiger partial charge in [0, 0.05) is 42.0 Å². The third-order valence-electron chi connectivity index (χ3n) is 5.89. The molecule has 1 aliphatic carbocycles. The number of carbonyl (C=O) groups excluding carboxylic acids is 2. The van der Waals surface area contributed by atoms with Gasteiger partial charge in [0.25, 0.3) is 5.91 Å². The topological polar surface area (TPSA) is 65.8 Å². The number of hydrogen-bond donors (Lipinski definition) is 1. The molecule has 0 saturated heterocycles. The Kier molecular flexibility index (Phi) is 5.42. The van der Waals surface area contributed by atoms with Crippen molar-refractivity contribution < 1.29 is 18.4 Å². The van der Waals surface area contributed by atoms with Crippen molar-refractivity contribution in [3.8, 4) is 0 Å². The van der Waals surface area contributed by atoms with Crippen molar-refractivity contribution in [2.75, 3.05) is 18.5 Å². The predicted molar refractivity (Wildman–Crippen MR) is 125 cm³/mol. The summed E-state index contributed by atoms with van der Waals surface area (Å²) in [5.41, 5.74) is 2.65. The van der Waals surface area contributed by atoms with Gasteiger partial charge >= 0.3 is 6.03 Å². The Morgan fingerprint density at radius 3 is 2.88 bits per heavy atom. The van der Waals surface area contributed by atoms with Crippen LogP contribution >= 0.6 is 11.6 Å². The zero-order chi connectivity index (χ0) is 23.1. The zero-order valence-corrected chi connectivity index (χ0v) is 18.6. The first-order chi connectivity index (χ1) is 15.9. The molecule has 6 nitrogen and oxygen atoms in total. The quantitative estimate of drug-likeness (QED) is 0.564. The van der Waals surface area contributed by atoms with Gasteiger partial charge < -0.3 is 14.6 Å². The molecule has 2 aromatic carbocycles. The summed E-state index contributed by atoms with van der Waals surface area (Å²) in [7, 11) is 1.75. The SMILES string of the molecule is CN1Cc2ccc(C(=O)NCc3cc4cc(F)ccc4o3)cc2N(CC2C=CC=C2Cl)C1=O. The van der Waals surface area contributed by atoms with Crippen LogP contribution in [0.1, 0.15) is 21.7 Å². The summed E-state index contributed by atoms with van der Waals surface area (Å²) < 4.78 is 19.1. The normalized spacial score (nSPS) is 17.5. The van der Waals surface area contributed by atoms with Gasteiger partial charge in [-0.3, -0.25) is 9.69 Å². The monoisotopic (exact) mass is 465 g/mol. The second-order valence-electron chi connectivity index (χ2n) is 8.21. The lowest BCUT2D eigenvalue weighted by Crippen LogP contribution is -2.47. The number of nitrogens with one attached hydrogen (secondary N) is 1. The summed E-state index contributed by atoms with van der Waals surface area (Å²) in [6.07, 6.45) is 5.66. The Hall–Kier alpha value is -3.58. The van der Waals surface area contributed by atoms with Crippen molar-refractivity contribution in [1.29, 1.82) is 0 Å². The van der Waals surface area contributed by atoms with Crippen LogP contribution in [0.4, 0.5) is 14.9 Å². The van der Waals surface area contributed by atoms with Gasteiger partial charge in [0.1, 0.15) is 17.2 Å². The Balaban J connectivity index is 1.35. The van der Waals surface area contributed by atoms with E-state index in [4.69, 9.17) is 16.0 Å². The standard InChI is InChI=1S/C25H21ClFN3O3/c1-29-13-17-6-5-15(11-22(17)30(25(29)32)14-16-3-2-4-21(16)26)24(31)28-12-20-10-18-9-19(27)7-8-23(18)33-20/h2-11,16H,12-14H2,1H3,(H,28,31). The summed E-state index contributed by atoms with van der Waals surface area (Å²) in [4.78, 5) is 29.1. The molecule has 3 aromatic rings. The Bertz CT molecular complexity index is 1330. The van der Waals surface area contributed by atoms with E-state index in [9.17, 15) is 14.0 Å². The number of amides is 3. The number of allylic oxidation sites excluding steroid dienone is 2. The molecule has 168 valence electrons. The van der Waals surface area contributed by atoms with Crippen LogP contribution in [0.15, 0.2) is 70.1 Å². The van der Waals surface area contributed by atoms with Gasteiger partial charge in [-0.25, -0.2) is 9.18 Å². The average molecular weight is 466 g/mol. The third kappa shape index (κ3) is 4.12. The third-order valence-corrected chi connectivity index (χ3v) is 6.29. The molecular formula is C25H21ClFN3O3. The number of urea groups is 1. The lowest BCUT2D eigenvalue weighted by Gasteiger charge is -2.36. The molecular weight excluding hydrogens is 445 g/mol. The molecule has 1 aromatic heterocycles. The number of furan rings is 1. The molecule has 0 radical (unpaired) electrons. The van der Waals surface area contributed by atoms with Crippen LogP contribution in [0.5, 0.6) is 0 Å². The van der Waals surface area contributed by atoms with E-state index in [1.54, 1.807) is 41.1 Å². The fraction of sp³-hybridized carbons (Fsp3) is 0.200. The minimum Gasteiger partial charge on any atom is -0.459 e. The second-order valence-corrected chi connectivity index (χ2v) is 8.65. The minimum absolute atomic E-state index is 0.0784. The summed E-state index contributed by atoms with van der Waals surface area (Å²) >= 11 is 6.28. The molecule has 0 bridgehead atoms. The second kappa shape index (κ2) is 8.41. The maximum Gasteiger partial charge on any atom is 0.324 e. The number of carbonyl (C=O) groups is 2. The van der Waals surface area contributed by atoms with Crippen LogP contribution in [0, 0.1) is 11.7 Å².